The fourth-order valence-corrected chi connectivity index (χ4v) is 2.90. The molecule has 35 heavy (non-hydrogen) atoms. The van der Waals surface area contributed by atoms with E-state index in [-0.39, 0.29) is 38.2 Å². The van der Waals surface area contributed by atoms with Gasteiger partial charge in [-0.15, -0.1) is 0 Å². The van der Waals surface area contributed by atoms with Gasteiger partial charge < -0.3 is 49.1 Å². The number of nitrogens with one attached hydrogen (secondary N) is 3. The molecule has 0 aliphatic heterocycles. The predicted octanol–water partition coefficient (Wildman–Crippen LogP) is -3.79. The van der Waals surface area contributed by atoms with E-state index in [9.17, 15) is 29.1 Å². The molecule has 0 saturated carbocycles. The summed E-state index contributed by atoms with van der Waals surface area (Å²) in [4.78, 5) is 64.5. The number of aliphatic imine (C=N–C) groups is 1. The molecule has 5 unspecified atom stereocenters. The van der Waals surface area contributed by atoms with Crippen LogP contribution in [0.15, 0.2) is 4.99 Å². The smallest absolute Gasteiger partial charge is 0.326 e. The van der Waals surface area contributed by atoms with Gasteiger partial charge in [0.1, 0.15) is 24.2 Å². The second kappa shape index (κ2) is 16.2. The van der Waals surface area contributed by atoms with Gasteiger partial charge in [0.15, 0.2) is 5.96 Å². The number of rotatable bonds is 17. The van der Waals surface area contributed by atoms with Gasteiger partial charge in [0, 0.05) is 13.0 Å². The van der Waals surface area contributed by atoms with Gasteiger partial charge in [0.05, 0.1) is 6.61 Å². The van der Waals surface area contributed by atoms with Crippen LogP contribution in [0.4, 0.5) is 0 Å². The Morgan fingerprint density at radius 1 is 0.914 bits per heavy atom. The molecule has 0 bridgehead atoms. The zero-order chi connectivity index (χ0) is 27.1. The van der Waals surface area contributed by atoms with Crippen LogP contribution in [0.5, 0.6) is 0 Å². The lowest BCUT2D eigenvalue weighted by Gasteiger charge is -2.28. The van der Waals surface area contributed by atoms with Gasteiger partial charge in [-0.05, 0) is 25.2 Å². The van der Waals surface area contributed by atoms with E-state index in [1.54, 1.807) is 13.8 Å². The lowest BCUT2D eigenvalue weighted by atomic mass is 9.96. The summed E-state index contributed by atoms with van der Waals surface area (Å²) in [5, 5.41) is 25.8. The van der Waals surface area contributed by atoms with Crippen LogP contribution in [0.2, 0.25) is 0 Å². The van der Waals surface area contributed by atoms with Crippen LogP contribution in [0.3, 0.4) is 0 Å². The molecule has 5 atom stereocenters. The summed E-state index contributed by atoms with van der Waals surface area (Å²) in [6.07, 6.45) is 0.345. The number of nitrogens with zero attached hydrogens (tertiary/aromatic N) is 1. The van der Waals surface area contributed by atoms with Crippen molar-refractivity contribution in [1.29, 1.82) is 0 Å². The van der Waals surface area contributed by atoms with Crippen LogP contribution in [0.1, 0.15) is 46.0 Å². The first kappa shape index (κ1) is 31.5. The van der Waals surface area contributed by atoms with E-state index in [1.807, 2.05) is 0 Å². The molecular formula is C20H38N8O7. The minimum absolute atomic E-state index is 0.0371. The highest BCUT2D eigenvalue weighted by Crippen LogP contribution is 2.11. The third-order valence-corrected chi connectivity index (χ3v) is 5.20. The summed E-state index contributed by atoms with van der Waals surface area (Å²) >= 11 is 0. The van der Waals surface area contributed by atoms with E-state index < -0.39 is 66.3 Å². The summed E-state index contributed by atoms with van der Waals surface area (Å²) in [5.41, 5.74) is 21.1. The summed E-state index contributed by atoms with van der Waals surface area (Å²) in [7, 11) is 0. The van der Waals surface area contributed by atoms with Gasteiger partial charge in [0.2, 0.25) is 23.6 Å². The zero-order valence-corrected chi connectivity index (χ0v) is 20.0. The fourth-order valence-electron chi connectivity index (χ4n) is 2.90. The topological polar surface area (TPSA) is 278 Å². The average molecular weight is 503 g/mol. The van der Waals surface area contributed by atoms with Crippen molar-refractivity contribution in [2.24, 2.45) is 33.8 Å². The monoisotopic (exact) mass is 502 g/mol. The number of carboxylic acid groups (broad SMARTS) is 1. The number of aliphatic hydroxyl groups is 1. The summed E-state index contributed by atoms with van der Waals surface area (Å²) < 4.78 is 0. The van der Waals surface area contributed by atoms with Crippen LogP contribution in [-0.2, 0) is 24.0 Å². The third kappa shape index (κ3) is 12.5. The molecule has 13 N–H and O–H groups in total. The maximum atomic E-state index is 12.9. The number of primary amides is 1. The second-order valence-electron chi connectivity index (χ2n) is 8.08. The number of hydrogen-bond acceptors (Lipinski definition) is 8. The molecule has 15 nitrogen and oxygen atoms in total. The Hall–Kier alpha value is -3.46. The maximum absolute atomic E-state index is 12.9. The quantitative estimate of drug-likeness (QED) is 0.0531. The Bertz CT molecular complexity index is 773. The highest BCUT2D eigenvalue weighted by molar-refractivity contribution is 5.94. The second-order valence-corrected chi connectivity index (χ2v) is 8.08. The van der Waals surface area contributed by atoms with Crippen molar-refractivity contribution in [3.8, 4) is 0 Å². The number of hydrogen-bond donors (Lipinski definition) is 9. The van der Waals surface area contributed by atoms with E-state index in [0.717, 1.165) is 0 Å². The number of carbonyl (C=O) groups is 5. The van der Waals surface area contributed by atoms with Gasteiger partial charge in [-0.1, -0.05) is 20.3 Å². The largest absolute Gasteiger partial charge is 0.480 e. The SMILES string of the molecule is CCC(C)C(NC(=O)C(CCC(N)=O)NC(=O)C(N)CO)C(=O)NC(CCCN=C(N)N)C(=O)O. The van der Waals surface area contributed by atoms with E-state index in [2.05, 4.69) is 20.9 Å². The predicted molar refractivity (Wildman–Crippen MR) is 126 cm³/mol. The van der Waals surface area contributed by atoms with E-state index >= 15 is 0 Å². The number of amides is 4. The van der Waals surface area contributed by atoms with E-state index in [0.29, 0.717) is 6.42 Å². The molecule has 0 aromatic carbocycles. The first-order valence-electron chi connectivity index (χ1n) is 11.2. The van der Waals surface area contributed by atoms with Crippen molar-refractivity contribution >= 4 is 35.6 Å². The minimum atomic E-state index is -1.30. The van der Waals surface area contributed by atoms with Crippen molar-refractivity contribution in [2.45, 2.75) is 70.1 Å². The van der Waals surface area contributed by atoms with Gasteiger partial charge in [0.25, 0.3) is 0 Å². The third-order valence-electron chi connectivity index (χ3n) is 5.20. The molecule has 0 heterocycles. The molecule has 4 amide bonds. The number of nitrogens with two attached hydrogens (primary N) is 4. The molecule has 0 aromatic rings. The summed E-state index contributed by atoms with van der Waals surface area (Å²) in [5.74, 6) is -4.93. The first-order chi connectivity index (χ1) is 16.3. The molecule has 0 radical (unpaired) electrons. The Morgan fingerprint density at radius 2 is 1.51 bits per heavy atom. The molecule has 15 heteroatoms. The van der Waals surface area contributed by atoms with Gasteiger partial charge in [-0.3, -0.25) is 24.2 Å². The van der Waals surface area contributed by atoms with Gasteiger partial charge >= 0.3 is 5.97 Å². The van der Waals surface area contributed by atoms with E-state index in [1.165, 1.54) is 0 Å². The normalized spacial score (nSPS) is 15.0. The standard InChI is InChI=1S/C20H38N8O7/c1-3-10(2)15(18(33)27-13(19(34)35)5-4-8-25-20(23)24)28-17(32)12(6-7-14(22)30)26-16(31)11(21)9-29/h10-13,15,29H,3-9,21H2,1-2H3,(H2,22,30)(H,26,31)(H,27,33)(H,28,32)(H,34,35)(H4,23,24,25). The number of aliphatic carboxylic acids is 1. The minimum Gasteiger partial charge on any atom is -0.480 e. The van der Waals surface area contributed by atoms with Crippen molar-refractivity contribution < 1.29 is 34.2 Å². The van der Waals surface area contributed by atoms with Gasteiger partial charge in [-0.25, -0.2) is 4.79 Å². The molecule has 0 aliphatic carbocycles. The number of guanidine groups is 1. The lowest BCUT2D eigenvalue weighted by molar-refractivity contribution is -0.143. The van der Waals surface area contributed by atoms with Gasteiger partial charge in [-0.2, -0.15) is 0 Å². The molecule has 0 saturated heterocycles. The van der Waals surface area contributed by atoms with Crippen molar-refractivity contribution in [3.05, 3.63) is 0 Å². The molecule has 0 spiro atoms. The van der Waals surface area contributed by atoms with Crippen molar-refractivity contribution in [2.75, 3.05) is 13.2 Å². The molecular weight excluding hydrogens is 464 g/mol. The number of carbonyl (C=O) groups excluding carboxylic acids is 4. The van der Waals surface area contributed by atoms with Crippen LogP contribution >= 0.6 is 0 Å². The molecule has 0 rings (SSSR count). The highest BCUT2D eigenvalue weighted by atomic mass is 16.4. The number of carboxylic acids is 1. The van der Waals surface area contributed by atoms with Crippen molar-refractivity contribution in [3.63, 3.8) is 0 Å². The number of aliphatic hydroxyl groups excluding tert-OH is 1. The Balaban J connectivity index is 5.51. The Labute approximate surface area is 203 Å². The lowest BCUT2D eigenvalue weighted by Crippen LogP contribution is -2.59. The van der Waals surface area contributed by atoms with Crippen LogP contribution < -0.4 is 38.9 Å². The fraction of sp³-hybridized carbons (Fsp3) is 0.700. The van der Waals surface area contributed by atoms with Crippen LogP contribution in [0, 0.1) is 5.92 Å². The van der Waals surface area contributed by atoms with Crippen LogP contribution in [0.25, 0.3) is 0 Å². The maximum Gasteiger partial charge on any atom is 0.326 e. The molecule has 0 aliphatic rings. The highest BCUT2D eigenvalue weighted by Gasteiger charge is 2.32. The molecule has 0 fully saturated rings. The van der Waals surface area contributed by atoms with E-state index in [4.69, 9.17) is 28.0 Å². The van der Waals surface area contributed by atoms with Crippen LogP contribution in [-0.4, -0.2) is 83.1 Å². The zero-order valence-electron chi connectivity index (χ0n) is 20.0. The first-order valence-corrected chi connectivity index (χ1v) is 11.2. The average Bonchev–Trinajstić information content (AvgIpc) is 2.79. The summed E-state index contributed by atoms with van der Waals surface area (Å²) in [6.45, 7) is 2.95. The van der Waals surface area contributed by atoms with Crippen molar-refractivity contribution in [1.82, 2.24) is 16.0 Å². The molecule has 0 aromatic heterocycles. The Morgan fingerprint density at radius 3 is 2.00 bits per heavy atom. The summed E-state index contributed by atoms with van der Waals surface area (Å²) in [6, 6.07) is -4.98. The molecule has 200 valence electrons. The Kier molecular flexibility index (Phi) is 14.6.